The minimum atomic E-state index is -0.225. The molecule has 21 heavy (non-hydrogen) atoms. The van der Waals surface area contributed by atoms with Crippen molar-refractivity contribution in [2.75, 3.05) is 26.3 Å². The second-order valence-electron chi connectivity index (χ2n) is 5.24. The second kappa shape index (κ2) is 6.32. The van der Waals surface area contributed by atoms with Gasteiger partial charge in [-0.1, -0.05) is 11.2 Å². The zero-order valence-electron chi connectivity index (χ0n) is 12.0. The average Bonchev–Trinajstić information content (AvgIpc) is 2.90. The van der Waals surface area contributed by atoms with Crippen molar-refractivity contribution >= 4 is 0 Å². The van der Waals surface area contributed by atoms with Crippen molar-refractivity contribution in [3.8, 4) is 0 Å². The number of rotatable bonds is 4. The molecule has 0 amide bonds. The molecule has 0 unspecified atom stereocenters. The lowest BCUT2D eigenvalue weighted by molar-refractivity contribution is 0.0297. The van der Waals surface area contributed by atoms with E-state index in [4.69, 9.17) is 9.26 Å². The van der Waals surface area contributed by atoms with Crippen LogP contribution in [-0.4, -0.2) is 41.3 Å². The van der Waals surface area contributed by atoms with Crippen LogP contribution in [0.2, 0.25) is 0 Å². The number of benzene rings is 1. The van der Waals surface area contributed by atoms with Gasteiger partial charge in [0.15, 0.2) is 5.82 Å². The first-order valence-corrected chi connectivity index (χ1v) is 7.07. The van der Waals surface area contributed by atoms with Crippen LogP contribution >= 0.6 is 0 Å². The zero-order chi connectivity index (χ0) is 14.7. The molecule has 112 valence electrons. The molecule has 2 heterocycles. The van der Waals surface area contributed by atoms with Gasteiger partial charge in [-0.25, -0.2) is 4.39 Å². The Bertz CT molecular complexity index is 609. The lowest BCUT2D eigenvalue weighted by atomic mass is 10.1. The van der Waals surface area contributed by atoms with E-state index in [0.29, 0.717) is 24.7 Å². The Hall–Kier alpha value is -1.79. The van der Waals surface area contributed by atoms with Crippen LogP contribution in [-0.2, 0) is 17.7 Å². The van der Waals surface area contributed by atoms with E-state index in [9.17, 15) is 4.39 Å². The number of morpholine rings is 1. The maximum Gasteiger partial charge on any atom is 0.240 e. The summed E-state index contributed by atoms with van der Waals surface area (Å²) in [5, 5.41) is 4.00. The minimum Gasteiger partial charge on any atom is -0.379 e. The van der Waals surface area contributed by atoms with Crippen molar-refractivity contribution in [1.82, 2.24) is 15.0 Å². The van der Waals surface area contributed by atoms with Gasteiger partial charge < -0.3 is 9.26 Å². The van der Waals surface area contributed by atoms with E-state index in [-0.39, 0.29) is 5.82 Å². The lowest BCUT2D eigenvalue weighted by Crippen LogP contribution is -2.35. The summed E-state index contributed by atoms with van der Waals surface area (Å²) >= 11 is 0. The summed E-state index contributed by atoms with van der Waals surface area (Å²) in [5.74, 6) is 1.03. The Morgan fingerprint density at radius 2 is 2.10 bits per heavy atom. The van der Waals surface area contributed by atoms with Gasteiger partial charge in [-0.2, -0.15) is 4.98 Å². The molecule has 0 atom stereocenters. The predicted molar refractivity (Wildman–Crippen MR) is 74.3 cm³/mol. The van der Waals surface area contributed by atoms with Crippen molar-refractivity contribution in [2.45, 2.75) is 19.9 Å². The molecule has 1 aromatic heterocycles. The monoisotopic (exact) mass is 291 g/mol. The van der Waals surface area contributed by atoms with Crippen LogP contribution in [0.15, 0.2) is 22.7 Å². The summed E-state index contributed by atoms with van der Waals surface area (Å²) in [6.07, 6.45) is 0.554. The number of halogens is 1. The van der Waals surface area contributed by atoms with E-state index in [1.165, 1.54) is 12.1 Å². The summed E-state index contributed by atoms with van der Waals surface area (Å²) in [4.78, 5) is 6.64. The quantitative estimate of drug-likeness (QED) is 0.861. The Morgan fingerprint density at radius 1 is 1.29 bits per heavy atom. The van der Waals surface area contributed by atoms with E-state index in [2.05, 4.69) is 15.0 Å². The summed E-state index contributed by atoms with van der Waals surface area (Å²) in [6.45, 7) is 5.79. The third kappa shape index (κ3) is 3.65. The Labute approximate surface area is 122 Å². The fourth-order valence-corrected chi connectivity index (χ4v) is 2.40. The maximum atomic E-state index is 13.1. The molecule has 0 radical (unpaired) electrons. The van der Waals surface area contributed by atoms with Crippen molar-refractivity contribution in [2.24, 2.45) is 0 Å². The lowest BCUT2D eigenvalue weighted by Gasteiger charge is -2.24. The van der Waals surface area contributed by atoms with Gasteiger partial charge in [0, 0.05) is 19.5 Å². The molecule has 6 heteroatoms. The number of hydrogen-bond acceptors (Lipinski definition) is 5. The first-order valence-electron chi connectivity index (χ1n) is 7.07. The minimum absolute atomic E-state index is 0.225. The molecule has 3 rings (SSSR count). The van der Waals surface area contributed by atoms with Crippen molar-refractivity contribution in [1.29, 1.82) is 0 Å². The van der Waals surface area contributed by atoms with Gasteiger partial charge in [0.25, 0.3) is 0 Å². The average molecular weight is 291 g/mol. The normalized spacial score (nSPS) is 16.3. The summed E-state index contributed by atoms with van der Waals surface area (Å²) < 4.78 is 23.7. The first-order chi connectivity index (χ1) is 10.2. The highest BCUT2D eigenvalue weighted by atomic mass is 19.1. The predicted octanol–water partition coefficient (Wildman–Crippen LogP) is 1.94. The SMILES string of the molecule is Cc1cc(F)ccc1Cc1noc(CN2CCOCC2)n1. The molecule has 5 nitrogen and oxygen atoms in total. The van der Waals surface area contributed by atoms with E-state index in [1.807, 2.05) is 6.92 Å². The molecular formula is C15H18FN3O2. The van der Waals surface area contributed by atoms with Crippen LogP contribution in [0.3, 0.4) is 0 Å². The van der Waals surface area contributed by atoms with Crippen LogP contribution < -0.4 is 0 Å². The highest BCUT2D eigenvalue weighted by molar-refractivity contribution is 5.28. The molecule has 1 fully saturated rings. The molecule has 0 spiro atoms. The molecular weight excluding hydrogens is 273 g/mol. The number of aromatic nitrogens is 2. The third-order valence-electron chi connectivity index (χ3n) is 3.63. The van der Waals surface area contributed by atoms with Crippen LogP contribution in [0.4, 0.5) is 4.39 Å². The summed E-state index contributed by atoms with van der Waals surface area (Å²) in [7, 11) is 0. The van der Waals surface area contributed by atoms with Crippen LogP contribution in [0.5, 0.6) is 0 Å². The van der Waals surface area contributed by atoms with Crippen LogP contribution in [0.1, 0.15) is 22.8 Å². The highest BCUT2D eigenvalue weighted by Gasteiger charge is 2.15. The Kier molecular flexibility index (Phi) is 4.26. The fraction of sp³-hybridized carbons (Fsp3) is 0.467. The van der Waals surface area contributed by atoms with Gasteiger partial charge in [0.05, 0.1) is 19.8 Å². The van der Waals surface area contributed by atoms with E-state index < -0.39 is 0 Å². The van der Waals surface area contributed by atoms with Crippen molar-refractivity contribution < 1.29 is 13.7 Å². The third-order valence-corrected chi connectivity index (χ3v) is 3.63. The van der Waals surface area contributed by atoms with Crippen LogP contribution in [0.25, 0.3) is 0 Å². The number of aryl methyl sites for hydroxylation is 1. The van der Waals surface area contributed by atoms with Gasteiger partial charge in [-0.05, 0) is 30.2 Å². The Morgan fingerprint density at radius 3 is 2.86 bits per heavy atom. The van der Waals surface area contributed by atoms with E-state index in [1.54, 1.807) is 6.07 Å². The highest BCUT2D eigenvalue weighted by Crippen LogP contribution is 2.14. The van der Waals surface area contributed by atoms with Gasteiger partial charge in [-0.3, -0.25) is 4.90 Å². The fourth-order valence-electron chi connectivity index (χ4n) is 2.40. The molecule has 1 saturated heterocycles. The molecule has 1 aliphatic heterocycles. The number of nitrogens with zero attached hydrogens (tertiary/aromatic N) is 3. The number of hydrogen-bond donors (Lipinski definition) is 0. The van der Waals surface area contributed by atoms with Gasteiger partial charge in [-0.15, -0.1) is 0 Å². The van der Waals surface area contributed by atoms with Crippen LogP contribution in [0, 0.1) is 12.7 Å². The molecule has 1 aliphatic rings. The molecule has 1 aromatic carbocycles. The summed E-state index contributed by atoms with van der Waals surface area (Å²) in [6, 6.07) is 4.74. The number of ether oxygens (including phenoxy) is 1. The second-order valence-corrected chi connectivity index (χ2v) is 5.24. The summed E-state index contributed by atoms with van der Waals surface area (Å²) in [5.41, 5.74) is 1.91. The topological polar surface area (TPSA) is 51.4 Å². The Balaban J connectivity index is 1.64. The standard InChI is InChI=1S/C15H18FN3O2/c1-11-8-13(16)3-2-12(11)9-14-17-15(21-18-14)10-19-4-6-20-7-5-19/h2-3,8H,4-7,9-10H2,1H3. The van der Waals surface area contributed by atoms with E-state index >= 15 is 0 Å². The van der Waals surface area contributed by atoms with Crippen molar-refractivity contribution in [3.05, 3.63) is 46.9 Å². The first kappa shape index (κ1) is 14.2. The molecule has 0 saturated carbocycles. The van der Waals surface area contributed by atoms with Gasteiger partial charge >= 0.3 is 0 Å². The van der Waals surface area contributed by atoms with Gasteiger partial charge in [0.1, 0.15) is 5.82 Å². The van der Waals surface area contributed by atoms with E-state index in [0.717, 1.165) is 37.4 Å². The maximum absolute atomic E-state index is 13.1. The smallest absolute Gasteiger partial charge is 0.240 e. The van der Waals surface area contributed by atoms with Crippen molar-refractivity contribution in [3.63, 3.8) is 0 Å². The molecule has 0 N–H and O–H groups in total. The largest absolute Gasteiger partial charge is 0.379 e. The molecule has 0 aliphatic carbocycles. The molecule has 0 bridgehead atoms. The molecule has 2 aromatic rings. The van der Waals surface area contributed by atoms with Gasteiger partial charge in [0.2, 0.25) is 5.89 Å². The zero-order valence-corrected chi connectivity index (χ0v) is 12.0.